The molecule has 0 aliphatic carbocycles. The molecule has 3 nitrogen and oxygen atoms in total. The first-order valence-electron chi connectivity index (χ1n) is 5.05. The molecule has 1 aromatic carbocycles. The van der Waals surface area contributed by atoms with Crippen molar-refractivity contribution in [1.82, 2.24) is 0 Å². The third-order valence-electron chi connectivity index (χ3n) is 2.50. The first-order chi connectivity index (χ1) is 7.29. The minimum absolute atomic E-state index is 0.137. The summed E-state index contributed by atoms with van der Waals surface area (Å²) in [5.74, 6) is 0.796. The fraction of sp³-hybridized carbons (Fsp3) is 0.417. The third-order valence-corrected chi connectivity index (χ3v) is 2.50. The summed E-state index contributed by atoms with van der Waals surface area (Å²) in [6, 6.07) is 7.60. The molecule has 0 N–H and O–H groups in total. The zero-order valence-corrected chi connectivity index (χ0v) is 8.69. The fourth-order valence-electron chi connectivity index (χ4n) is 1.58. The van der Waals surface area contributed by atoms with Crippen molar-refractivity contribution in [3.05, 3.63) is 29.3 Å². The Bertz CT molecular complexity index is 389. The SMILES string of the molecule is Cc1ccc(C#N)cc1OC1CCOC1. The van der Waals surface area contributed by atoms with Gasteiger partial charge in [0.05, 0.1) is 24.8 Å². The first kappa shape index (κ1) is 10.0. The van der Waals surface area contributed by atoms with E-state index in [2.05, 4.69) is 6.07 Å². The lowest BCUT2D eigenvalue weighted by molar-refractivity contribution is 0.141. The van der Waals surface area contributed by atoms with Crippen molar-refractivity contribution in [2.75, 3.05) is 13.2 Å². The average Bonchev–Trinajstić information content (AvgIpc) is 2.74. The van der Waals surface area contributed by atoms with Crippen LogP contribution in [0.1, 0.15) is 17.5 Å². The number of hydrogen-bond donors (Lipinski definition) is 0. The number of benzene rings is 1. The zero-order chi connectivity index (χ0) is 10.7. The van der Waals surface area contributed by atoms with Crippen LogP contribution in [-0.2, 0) is 4.74 Å². The molecule has 0 bridgehead atoms. The Balaban J connectivity index is 2.15. The van der Waals surface area contributed by atoms with Crippen molar-refractivity contribution < 1.29 is 9.47 Å². The van der Waals surface area contributed by atoms with E-state index in [1.165, 1.54) is 0 Å². The van der Waals surface area contributed by atoms with E-state index >= 15 is 0 Å². The molecule has 0 radical (unpaired) electrons. The van der Waals surface area contributed by atoms with Gasteiger partial charge in [-0.25, -0.2) is 0 Å². The molecule has 1 aliphatic rings. The second kappa shape index (κ2) is 4.33. The highest BCUT2D eigenvalue weighted by Gasteiger charge is 2.17. The molecular weight excluding hydrogens is 190 g/mol. The van der Waals surface area contributed by atoms with Gasteiger partial charge in [-0.1, -0.05) is 6.07 Å². The molecule has 2 rings (SSSR count). The van der Waals surface area contributed by atoms with Crippen LogP contribution >= 0.6 is 0 Å². The van der Waals surface area contributed by atoms with Crippen LogP contribution in [0, 0.1) is 18.3 Å². The number of rotatable bonds is 2. The lowest BCUT2D eigenvalue weighted by Crippen LogP contribution is -2.16. The van der Waals surface area contributed by atoms with Crippen molar-refractivity contribution in [3.8, 4) is 11.8 Å². The van der Waals surface area contributed by atoms with Gasteiger partial charge in [0.2, 0.25) is 0 Å². The van der Waals surface area contributed by atoms with Gasteiger partial charge in [0.1, 0.15) is 11.9 Å². The Labute approximate surface area is 89.2 Å². The second-order valence-electron chi connectivity index (χ2n) is 3.70. The normalized spacial score (nSPS) is 19.9. The molecule has 1 aromatic rings. The minimum atomic E-state index is 0.137. The Morgan fingerprint density at radius 2 is 2.40 bits per heavy atom. The Hall–Kier alpha value is -1.53. The van der Waals surface area contributed by atoms with Gasteiger partial charge in [-0.15, -0.1) is 0 Å². The van der Waals surface area contributed by atoms with Gasteiger partial charge in [-0.2, -0.15) is 5.26 Å². The molecule has 0 spiro atoms. The fourth-order valence-corrected chi connectivity index (χ4v) is 1.58. The molecule has 1 unspecified atom stereocenters. The predicted octanol–water partition coefficient (Wildman–Crippen LogP) is 2.03. The van der Waals surface area contributed by atoms with Gasteiger partial charge in [0.15, 0.2) is 0 Å². The molecule has 1 fully saturated rings. The largest absolute Gasteiger partial charge is 0.488 e. The van der Waals surface area contributed by atoms with E-state index in [-0.39, 0.29) is 6.10 Å². The lowest BCUT2D eigenvalue weighted by atomic mass is 10.1. The molecular formula is C12H13NO2. The summed E-state index contributed by atoms with van der Waals surface area (Å²) >= 11 is 0. The summed E-state index contributed by atoms with van der Waals surface area (Å²) in [4.78, 5) is 0. The van der Waals surface area contributed by atoms with Crippen LogP contribution < -0.4 is 4.74 Å². The number of ether oxygens (including phenoxy) is 2. The monoisotopic (exact) mass is 203 g/mol. The topological polar surface area (TPSA) is 42.2 Å². The summed E-state index contributed by atoms with van der Waals surface area (Å²) in [7, 11) is 0. The van der Waals surface area contributed by atoms with Gasteiger partial charge in [-0.3, -0.25) is 0 Å². The van der Waals surface area contributed by atoms with Crippen molar-refractivity contribution in [1.29, 1.82) is 5.26 Å². The highest BCUT2D eigenvalue weighted by Crippen LogP contribution is 2.22. The van der Waals surface area contributed by atoms with E-state index in [1.807, 2.05) is 13.0 Å². The highest BCUT2D eigenvalue weighted by molar-refractivity contribution is 5.41. The van der Waals surface area contributed by atoms with Crippen molar-refractivity contribution >= 4 is 0 Å². The smallest absolute Gasteiger partial charge is 0.124 e. The molecule has 3 heteroatoms. The minimum Gasteiger partial charge on any atom is -0.488 e. The van der Waals surface area contributed by atoms with Gasteiger partial charge >= 0.3 is 0 Å². The van der Waals surface area contributed by atoms with Crippen LogP contribution in [0.2, 0.25) is 0 Å². The molecule has 78 valence electrons. The summed E-state index contributed by atoms with van der Waals surface area (Å²) in [6.07, 6.45) is 1.06. The number of nitrogens with zero attached hydrogens (tertiary/aromatic N) is 1. The Kier molecular flexibility index (Phi) is 2.89. The Morgan fingerprint density at radius 1 is 1.53 bits per heavy atom. The van der Waals surface area contributed by atoms with Gasteiger partial charge in [0.25, 0.3) is 0 Å². The maximum absolute atomic E-state index is 8.78. The van der Waals surface area contributed by atoms with E-state index in [1.54, 1.807) is 12.1 Å². The van der Waals surface area contributed by atoms with Crippen molar-refractivity contribution in [2.24, 2.45) is 0 Å². The number of hydrogen-bond acceptors (Lipinski definition) is 3. The molecule has 15 heavy (non-hydrogen) atoms. The lowest BCUT2D eigenvalue weighted by Gasteiger charge is -2.13. The summed E-state index contributed by atoms with van der Waals surface area (Å²) in [5, 5.41) is 8.78. The quantitative estimate of drug-likeness (QED) is 0.738. The average molecular weight is 203 g/mol. The van der Waals surface area contributed by atoms with E-state index in [0.29, 0.717) is 12.2 Å². The second-order valence-corrected chi connectivity index (χ2v) is 3.70. The number of nitriles is 1. The Morgan fingerprint density at radius 3 is 3.07 bits per heavy atom. The summed E-state index contributed by atoms with van der Waals surface area (Å²) < 4.78 is 11.0. The van der Waals surface area contributed by atoms with Gasteiger partial charge < -0.3 is 9.47 Å². The molecule has 1 atom stereocenters. The molecule has 0 saturated carbocycles. The van der Waals surface area contributed by atoms with Crippen LogP contribution in [-0.4, -0.2) is 19.3 Å². The molecule has 1 aliphatic heterocycles. The van der Waals surface area contributed by atoms with E-state index in [4.69, 9.17) is 14.7 Å². The van der Waals surface area contributed by atoms with Crippen LogP contribution in [0.4, 0.5) is 0 Å². The van der Waals surface area contributed by atoms with Crippen LogP contribution in [0.25, 0.3) is 0 Å². The van der Waals surface area contributed by atoms with Crippen LogP contribution in [0.3, 0.4) is 0 Å². The predicted molar refractivity (Wildman–Crippen MR) is 55.7 cm³/mol. The highest BCUT2D eigenvalue weighted by atomic mass is 16.5. The molecule has 0 aromatic heterocycles. The summed E-state index contributed by atoms with van der Waals surface area (Å²) in [6.45, 7) is 3.39. The van der Waals surface area contributed by atoms with E-state index in [0.717, 1.165) is 24.3 Å². The van der Waals surface area contributed by atoms with Gasteiger partial charge in [-0.05, 0) is 24.6 Å². The van der Waals surface area contributed by atoms with E-state index in [9.17, 15) is 0 Å². The first-order valence-corrected chi connectivity index (χ1v) is 5.05. The van der Waals surface area contributed by atoms with Crippen LogP contribution in [0.15, 0.2) is 18.2 Å². The van der Waals surface area contributed by atoms with Crippen molar-refractivity contribution in [3.63, 3.8) is 0 Å². The maximum atomic E-state index is 8.78. The molecule has 1 heterocycles. The zero-order valence-electron chi connectivity index (χ0n) is 8.69. The van der Waals surface area contributed by atoms with Crippen LogP contribution in [0.5, 0.6) is 5.75 Å². The molecule has 1 saturated heterocycles. The molecule has 0 amide bonds. The third kappa shape index (κ3) is 2.28. The van der Waals surface area contributed by atoms with Gasteiger partial charge in [0, 0.05) is 6.42 Å². The standard InChI is InChI=1S/C12H13NO2/c1-9-2-3-10(7-13)6-12(9)15-11-4-5-14-8-11/h2-3,6,11H,4-5,8H2,1H3. The number of aryl methyl sites for hydroxylation is 1. The van der Waals surface area contributed by atoms with E-state index < -0.39 is 0 Å². The summed E-state index contributed by atoms with van der Waals surface area (Å²) in [5.41, 5.74) is 1.69. The van der Waals surface area contributed by atoms with Crippen molar-refractivity contribution in [2.45, 2.75) is 19.4 Å². The maximum Gasteiger partial charge on any atom is 0.124 e.